The molecule has 6 rings (SSSR count). The number of para-hydroxylation sites is 1. The fraction of sp³-hybridized carbons (Fsp3) is 0.344. The van der Waals surface area contributed by atoms with E-state index >= 15 is 4.39 Å². The van der Waals surface area contributed by atoms with Crippen LogP contribution >= 0.6 is 0 Å². The summed E-state index contributed by atoms with van der Waals surface area (Å²) in [7, 11) is 0. The number of likely N-dealkylation sites (tertiary alicyclic amines) is 2. The third-order valence-electron chi connectivity index (χ3n) is 8.30. The summed E-state index contributed by atoms with van der Waals surface area (Å²) < 4.78 is 23.0. The van der Waals surface area contributed by atoms with Crippen molar-refractivity contribution in [3.63, 3.8) is 0 Å². The van der Waals surface area contributed by atoms with Crippen LogP contribution in [0.3, 0.4) is 0 Å². The molecule has 0 saturated carbocycles. The van der Waals surface area contributed by atoms with Gasteiger partial charge in [-0.2, -0.15) is 10.4 Å². The van der Waals surface area contributed by atoms with Crippen molar-refractivity contribution >= 4 is 22.8 Å². The number of hydrogen-bond acceptors (Lipinski definition) is 9. The summed E-state index contributed by atoms with van der Waals surface area (Å²) in [5.74, 6) is 0.146. The fourth-order valence-corrected chi connectivity index (χ4v) is 5.95. The summed E-state index contributed by atoms with van der Waals surface area (Å²) >= 11 is 0. The first-order valence-electron chi connectivity index (χ1n) is 14.5. The topological polar surface area (TPSA) is 146 Å². The van der Waals surface area contributed by atoms with E-state index in [1.165, 1.54) is 12.4 Å². The minimum absolute atomic E-state index is 0.0206. The van der Waals surface area contributed by atoms with Gasteiger partial charge >= 0.3 is 0 Å². The van der Waals surface area contributed by atoms with Gasteiger partial charge in [0.15, 0.2) is 5.65 Å². The van der Waals surface area contributed by atoms with Gasteiger partial charge in [0.2, 0.25) is 0 Å². The summed E-state index contributed by atoms with van der Waals surface area (Å²) in [5, 5.41) is 25.2. The number of aliphatic hydroxyl groups is 1. The molecule has 2 aromatic heterocycles. The molecule has 0 spiro atoms. The number of benzene rings is 2. The van der Waals surface area contributed by atoms with E-state index in [0.29, 0.717) is 54.9 Å². The molecule has 2 aliphatic rings. The predicted molar refractivity (Wildman–Crippen MR) is 162 cm³/mol. The molecule has 2 fully saturated rings. The van der Waals surface area contributed by atoms with Gasteiger partial charge in [-0.3, -0.25) is 9.69 Å². The third-order valence-corrected chi connectivity index (χ3v) is 8.30. The van der Waals surface area contributed by atoms with Crippen LogP contribution in [0.15, 0.2) is 66.5 Å². The number of nitriles is 1. The van der Waals surface area contributed by atoms with Crippen molar-refractivity contribution < 1.29 is 19.0 Å². The average Bonchev–Trinajstić information content (AvgIpc) is 3.40. The molecule has 4 heterocycles. The summed E-state index contributed by atoms with van der Waals surface area (Å²) in [5.41, 5.74) is 6.57. The Kier molecular flexibility index (Phi) is 7.75. The molecule has 0 radical (unpaired) electrons. The summed E-state index contributed by atoms with van der Waals surface area (Å²) in [6.45, 7) is 5.19. The smallest absolute Gasteiger partial charge is 0.264 e. The Bertz CT molecular complexity index is 1780. The van der Waals surface area contributed by atoms with Crippen molar-refractivity contribution in [1.29, 1.82) is 5.26 Å². The van der Waals surface area contributed by atoms with E-state index in [-0.39, 0.29) is 41.1 Å². The maximum Gasteiger partial charge on any atom is 0.264 e. The lowest BCUT2D eigenvalue weighted by Crippen LogP contribution is -2.57. The molecule has 2 aromatic carbocycles. The Hall–Kier alpha value is -4.86. The van der Waals surface area contributed by atoms with Crippen molar-refractivity contribution in [1.82, 2.24) is 29.5 Å². The van der Waals surface area contributed by atoms with Crippen LogP contribution in [-0.2, 0) is 4.79 Å². The van der Waals surface area contributed by atoms with Crippen molar-refractivity contribution in [2.75, 3.05) is 25.4 Å². The van der Waals surface area contributed by atoms with Crippen LogP contribution in [-0.4, -0.2) is 72.0 Å². The highest BCUT2D eigenvalue weighted by Gasteiger charge is 2.38. The first-order chi connectivity index (χ1) is 21.2. The Morgan fingerprint density at radius 1 is 1.16 bits per heavy atom. The second kappa shape index (κ2) is 11.7. The predicted octanol–water partition coefficient (Wildman–Crippen LogP) is 4.42. The molecular formula is C32H33FN8O3. The van der Waals surface area contributed by atoms with E-state index in [1.807, 2.05) is 36.9 Å². The Morgan fingerprint density at radius 2 is 1.95 bits per heavy atom. The number of hydrogen-bond donors (Lipinski definition) is 2. The number of carbonyl (C=O) groups excluding carboxylic acids is 1. The molecule has 1 amide bonds. The quantitative estimate of drug-likeness (QED) is 0.234. The van der Waals surface area contributed by atoms with Gasteiger partial charge in [0.25, 0.3) is 5.91 Å². The van der Waals surface area contributed by atoms with Crippen LogP contribution in [0, 0.1) is 17.1 Å². The van der Waals surface area contributed by atoms with Crippen molar-refractivity contribution in [3.05, 3.63) is 72.3 Å². The fourth-order valence-electron chi connectivity index (χ4n) is 5.95. The van der Waals surface area contributed by atoms with Gasteiger partial charge in [-0.1, -0.05) is 18.2 Å². The number of aliphatic hydroxyl groups excluding tert-OH is 1. The van der Waals surface area contributed by atoms with Gasteiger partial charge in [0, 0.05) is 36.8 Å². The number of aromatic nitrogens is 4. The second-order valence-electron chi connectivity index (χ2n) is 11.6. The van der Waals surface area contributed by atoms with E-state index in [4.69, 9.17) is 15.6 Å². The minimum atomic E-state index is -0.666. The molecule has 226 valence electrons. The number of amides is 1. The molecule has 3 N–H and O–H groups in total. The molecule has 1 unspecified atom stereocenters. The maximum atomic E-state index is 15.6. The highest BCUT2D eigenvalue weighted by molar-refractivity contribution is 5.99. The van der Waals surface area contributed by atoms with Gasteiger partial charge in [-0.25, -0.2) is 19.0 Å². The number of fused-ring (bicyclic) bond motifs is 1. The summed E-state index contributed by atoms with van der Waals surface area (Å²) in [4.78, 5) is 25.6. The van der Waals surface area contributed by atoms with Crippen molar-refractivity contribution in [2.45, 2.75) is 50.9 Å². The lowest BCUT2D eigenvalue weighted by Gasteiger charge is -2.47. The Morgan fingerprint density at radius 3 is 2.64 bits per heavy atom. The zero-order valence-electron chi connectivity index (χ0n) is 24.5. The third kappa shape index (κ3) is 5.47. The number of nitrogens with zero attached hydrogens (tertiary/aromatic N) is 7. The molecule has 0 aliphatic carbocycles. The molecule has 12 heteroatoms. The number of ether oxygens (including phenoxy) is 1. The van der Waals surface area contributed by atoms with E-state index < -0.39 is 17.6 Å². The SMILES string of the molecule is CC(C)(C=C(C#N)C(=O)N1CCC[C@@H](n2nc(-c3ccc(Oc4ccccc4)cc3F)c3c(N)ncnc32)C1)N1CCC1O. The number of carbonyl (C=O) groups is 1. The first-order valence-corrected chi connectivity index (χ1v) is 14.5. The molecule has 2 atom stereocenters. The van der Waals surface area contributed by atoms with Crippen LogP contribution in [0.25, 0.3) is 22.3 Å². The standard InChI is InChI=1S/C32H33FN8O3/c1-32(2,40-14-12-26(40)42)16-20(17-34)31(43)39-13-6-7-21(18-39)41-30-27(29(35)36-19-37-30)28(38-41)24-11-10-23(15-25(24)33)44-22-8-4-3-5-9-22/h3-5,8-11,15-16,19,21,26,42H,6-7,12-14,18H2,1-2H3,(H2,35,36,37)/t21-,26?/m1/s1. The highest BCUT2D eigenvalue weighted by atomic mass is 19.1. The summed E-state index contributed by atoms with van der Waals surface area (Å²) in [6, 6.07) is 15.4. The Labute approximate surface area is 254 Å². The Balaban J connectivity index is 1.29. The van der Waals surface area contributed by atoms with Crippen LogP contribution in [0.5, 0.6) is 11.5 Å². The van der Waals surface area contributed by atoms with Gasteiger partial charge in [-0.15, -0.1) is 0 Å². The molecule has 44 heavy (non-hydrogen) atoms. The monoisotopic (exact) mass is 596 g/mol. The van der Waals surface area contributed by atoms with Gasteiger partial charge in [0.1, 0.15) is 53.0 Å². The maximum absolute atomic E-state index is 15.6. The molecule has 4 aromatic rings. The second-order valence-corrected chi connectivity index (χ2v) is 11.6. The van der Waals surface area contributed by atoms with Gasteiger partial charge < -0.3 is 20.5 Å². The van der Waals surface area contributed by atoms with Crippen LogP contribution < -0.4 is 10.5 Å². The number of halogens is 1. The molecule has 2 saturated heterocycles. The average molecular weight is 597 g/mol. The number of nitrogen functional groups attached to an aromatic ring is 1. The lowest BCUT2D eigenvalue weighted by molar-refractivity contribution is -0.129. The normalized spacial score (nSPS) is 19.4. The van der Waals surface area contributed by atoms with Gasteiger partial charge in [0.05, 0.1) is 11.4 Å². The number of anilines is 1. The molecular weight excluding hydrogens is 563 g/mol. The zero-order chi connectivity index (χ0) is 31.0. The van der Waals surface area contributed by atoms with Crippen molar-refractivity contribution in [2.24, 2.45) is 0 Å². The van der Waals surface area contributed by atoms with Crippen molar-refractivity contribution in [3.8, 4) is 28.8 Å². The lowest BCUT2D eigenvalue weighted by atomic mass is 9.93. The molecule has 11 nitrogen and oxygen atoms in total. The van der Waals surface area contributed by atoms with Crippen LogP contribution in [0.2, 0.25) is 0 Å². The minimum Gasteiger partial charge on any atom is -0.457 e. The van der Waals surface area contributed by atoms with Crippen LogP contribution in [0.1, 0.15) is 39.2 Å². The van der Waals surface area contributed by atoms with Gasteiger partial charge in [-0.05, 0) is 63.5 Å². The van der Waals surface area contributed by atoms with Crippen LogP contribution in [0.4, 0.5) is 10.2 Å². The van der Waals surface area contributed by atoms with E-state index in [9.17, 15) is 15.2 Å². The largest absolute Gasteiger partial charge is 0.457 e. The van der Waals surface area contributed by atoms with E-state index in [1.54, 1.807) is 39.9 Å². The number of nitrogens with two attached hydrogens (primary N) is 1. The zero-order valence-corrected chi connectivity index (χ0v) is 24.5. The first kappa shape index (κ1) is 29.2. The van der Waals surface area contributed by atoms with E-state index in [2.05, 4.69) is 16.0 Å². The molecule has 2 aliphatic heterocycles. The number of piperidine rings is 1. The summed E-state index contributed by atoms with van der Waals surface area (Å²) in [6.07, 6.45) is 4.38. The highest BCUT2D eigenvalue weighted by Crippen LogP contribution is 2.37. The molecule has 0 bridgehead atoms. The number of rotatable bonds is 7. The van der Waals surface area contributed by atoms with E-state index in [0.717, 1.165) is 0 Å².